The van der Waals surface area contributed by atoms with Gasteiger partial charge in [0.15, 0.2) is 0 Å². The summed E-state index contributed by atoms with van der Waals surface area (Å²) in [5.74, 6) is 0. The maximum absolute atomic E-state index is 6.14. The van der Waals surface area contributed by atoms with Crippen molar-refractivity contribution in [2.24, 2.45) is 0 Å². The Kier molecular flexibility index (Phi) is 3.30. The molecule has 0 bridgehead atoms. The minimum Gasteiger partial charge on any atom is -0.371 e. The third-order valence-electron chi connectivity index (χ3n) is 3.49. The van der Waals surface area contributed by atoms with E-state index < -0.39 is 0 Å². The lowest BCUT2D eigenvalue weighted by atomic mass is 10.1. The Morgan fingerprint density at radius 2 is 2.11 bits per heavy atom. The van der Waals surface area contributed by atoms with Crippen molar-refractivity contribution >= 4 is 23.0 Å². The summed E-state index contributed by atoms with van der Waals surface area (Å²) in [6, 6.07) is 10.2. The van der Waals surface area contributed by atoms with Crippen LogP contribution >= 0.6 is 11.6 Å². The second kappa shape index (κ2) is 5.10. The molecule has 2 heterocycles. The summed E-state index contributed by atoms with van der Waals surface area (Å²) in [6.45, 7) is 2.89. The minimum absolute atomic E-state index is 0.783. The van der Waals surface area contributed by atoms with Crippen LogP contribution in [0.15, 0.2) is 42.7 Å². The van der Waals surface area contributed by atoms with E-state index in [2.05, 4.69) is 34.0 Å². The van der Waals surface area contributed by atoms with Crippen LogP contribution in [-0.2, 0) is 6.54 Å². The van der Waals surface area contributed by atoms with Crippen LogP contribution in [0.25, 0.3) is 0 Å². The van der Waals surface area contributed by atoms with Crippen LogP contribution in [0.4, 0.5) is 11.4 Å². The molecule has 1 aromatic carbocycles. The molecular formula is C15H16ClN3. The fourth-order valence-electron chi connectivity index (χ4n) is 2.46. The predicted octanol–water partition coefficient (Wildman–Crippen LogP) is 3.19. The van der Waals surface area contributed by atoms with Gasteiger partial charge in [-0.3, -0.25) is 4.98 Å². The van der Waals surface area contributed by atoms with Crippen molar-refractivity contribution in [3.05, 3.63) is 53.3 Å². The first-order chi connectivity index (χ1) is 9.24. The van der Waals surface area contributed by atoms with E-state index in [0.29, 0.717) is 0 Å². The first-order valence-corrected chi connectivity index (χ1v) is 6.76. The van der Waals surface area contributed by atoms with Crippen LogP contribution in [0.3, 0.4) is 0 Å². The van der Waals surface area contributed by atoms with E-state index >= 15 is 0 Å². The summed E-state index contributed by atoms with van der Waals surface area (Å²) < 4.78 is 0. The second-order valence-electron chi connectivity index (χ2n) is 4.84. The van der Waals surface area contributed by atoms with E-state index in [1.165, 1.54) is 16.9 Å². The number of halogens is 1. The van der Waals surface area contributed by atoms with Gasteiger partial charge in [-0.05, 0) is 29.8 Å². The number of hydrogen-bond acceptors (Lipinski definition) is 3. The van der Waals surface area contributed by atoms with Crippen LogP contribution < -0.4 is 9.80 Å². The Bertz CT molecular complexity index is 571. The molecule has 1 aromatic heterocycles. The van der Waals surface area contributed by atoms with Crippen molar-refractivity contribution in [3.8, 4) is 0 Å². The van der Waals surface area contributed by atoms with Crippen LogP contribution in [-0.4, -0.2) is 25.1 Å². The van der Waals surface area contributed by atoms with Gasteiger partial charge in [0.25, 0.3) is 0 Å². The molecule has 0 radical (unpaired) electrons. The number of rotatable bonds is 2. The molecule has 0 saturated carbocycles. The SMILES string of the molecule is CN1CCN(Cc2cccnc2)c2cc(Cl)ccc21. The minimum atomic E-state index is 0.783. The number of likely N-dealkylation sites (N-methyl/N-ethyl adjacent to an activating group) is 1. The fraction of sp³-hybridized carbons (Fsp3) is 0.267. The second-order valence-corrected chi connectivity index (χ2v) is 5.27. The number of benzene rings is 1. The van der Waals surface area contributed by atoms with Gasteiger partial charge < -0.3 is 9.80 Å². The van der Waals surface area contributed by atoms with E-state index in [1.54, 1.807) is 6.20 Å². The average Bonchev–Trinajstić information content (AvgIpc) is 2.43. The topological polar surface area (TPSA) is 19.4 Å². The molecule has 19 heavy (non-hydrogen) atoms. The predicted molar refractivity (Wildman–Crippen MR) is 80.0 cm³/mol. The van der Waals surface area contributed by atoms with Crippen LogP contribution in [0.1, 0.15) is 5.56 Å². The highest BCUT2D eigenvalue weighted by molar-refractivity contribution is 6.31. The molecule has 1 aliphatic heterocycles. The number of nitrogens with zero attached hydrogens (tertiary/aromatic N) is 3. The number of hydrogen-bond donors (Lipinski definition) is 0. The van der Waals surface area contributed by atoms with Gasteiger partial charge >= 0.3 is 0 Å². The summed E-state index contributed by atoms with van der Waals surface area (Å²) >= 11 is 6.14. The zero-order chi connectivity index (χ0) is 13.2. The smallest absolute Gasteiger partial charge is 0.0622 e. The van der Waals surface area contributed by atoms with Crippen LogP contribution in [0.5, 0.6) is 0 Å². The van der Waals surface area contributed by atoms with Gasteiger partial charge in [0, 0.05) is 44.1 Å². The molecule has 3 nitrogen and oxygen atoms in total. The lowest BCUT2D eigenvalue weighted by molar-refractivity contribution is 0.733. The highest BCUT2D eigenvalue weighted by atomic mass is 35.5. The molecule has 2 aromatic rings. The van der Waals surface area contributed by atoms with Crippen molar-refractivity contribution in [2.45, 2.75) is 6.54 Å². The Morgan fingerprint density at radius 3 is 2.89 bits per heavy atom. The molecule has 98 valence electrons. The third-order valence-corrected chi connectivity index (χ3v) is 3.73. The molecule has 3 rings (SSSR count). The normalized spacial score (nSPS) is 14.4. The largest absolute Gasteiger partial charge is 0.371 e. The standard InChI is InChI=1S/C15H16ClN3/c1-18-7-8-19(11-12-3-2-6-17-10-12)15-9-13(16)4-5-14(15)18/h2-6,9-10H,7-8,11H2,1H3. The van der Waals surface area contributed by atoms with Crippen molar-refractivity contribution < 1.29 is 0 Å². The number of aromatic nitrogens is 1. The van der Waals surface area contributed by atoms with Crippen molar-refractivity contribution in [3.63, 3.8) is 0 Å². The molecule has 0 fully saturated rings. The molecule has 0 spiro atoms. The molecule has 0 atom stereocenters. The number of fused-ring (bicyclic) bond motifs is 1. The van der Waals surface area contributed by atoms with Crippen molar-refractivity contribution in [1.29, 1.82) is 0 Å². The van der Waals surface area contributed by atoms with Crippen LogP contribution in [0, 0.1) is 0 Å². The first kappa shape index (κ1) is 12.3. The molecule has 1 aliphatic rings. The summed E-state index contributed by atoms with van der Waals surface area (Å²) in [7, 11) is 2.12. The van der Waals surface area contributed by atoms with Crippen molar-refractivity contribution in [1.82, 2.24) is 4.98 Å². The third kappa shape index (κ3) is 2.51. The Morgan fingerprint density at radius 1 is 1.21 bits per heavy atom. The van der Waals surface area contributed by atoms with E-state index in [0.717, 1.165) is 24.7 Å². The summed E-state index contributed by atoms with van der Waals surface area (Å²) in [6.07, 6.45) is 3.72. The summed E-state index contributed by atoms with van der Waals surface area (Å²) in [4.78, 5) is 8.80. The molecular weight excluding hydrogens is 258 g/mol. The Hall–Kier alpha value is -1.74. The van der Waals surface area contributed by atoms with Gasteiger partial charge in [-0.1, -0.05) is 17.7 Å². The maximum atomic E-state index is 6.14. The van der Waals surface area contributed by atoms with E-state index in [4.69, 9.17) is 11.6 Å². The molecule has 0 N–H and O–H groups in total. The zero-order valence-corrected chi connectivity index (χ0v) is 11.6. The fourth-order valence-corrected chi connectivity index (χ4v) is 2.63. The van der Waals surface area contributed by atoms with Gasteiger partial charge in [0.1, 0.15) is 0 Å². The number of pyridine rings is 1. The monoisotopic (exact) mass is 273 g/mol. The van der Waals surface area contributed by atoms with Crippen LogP contribution in [0.2, 0.25) is 5.02 Å². The Balaban J connectivity index is 1.92. The van der Waals surface area contributed by atoms with E-state index in [9.17, 15) is 0 Å². The average molecular weight is 274 g/mol. The molecule has 0 aliphatic carbocycles. The Labute approximate surface area is 118 Å². The molecule has 0 unspecified atom stereocenters. The highest BCUT2D eigenvalue weighted by Gasteiger charge is 2.20. The van der Waals surface area contributed by atoms with Gasteiger partial charge in [-0.2, -0.15) is 0 Å². The summed E-state index contributed by atoms with van der Waals surface area (Å²) in [5.41, 5.74) is 3.66. The van der Waals surface area contributed by atoms with Gasteiger partial charge in [0.05, 0.1) is 11.4 Å². The quantitative estimate of drug-likeness (QED) is 0.838. The zero-order valence-electron chi connectivity index (χ0n) is 10.9. The number of anilines is 2. The lowest BCUT2D eigenvalue weighted by Gasteiger charge is -2.37. The van der Waals surface area contributed by atoms with Gasteiger partial charge in [-0.25, -0.2) is 0 Å². The summed E-state index contributed by atoms with van der Waals surface area (Å²) in [5, 5.41) is 0.783. The van der Waals surface area contributed by atoms with Gasteiger partial charge in [0.2, 0.25) is 0 Å². The maximum Gasteiger partial charge on any atom is 0.0622 e. The molecule has 0 amide bonds. The van der Waals surface area contributed by atoms with Gasteiger partial charge in [-0.15, -0.1) is 0 Å². The lowest BCUT2D eigenvalue weighted by Crippen LogP contribution is -2.38. The highest BCUT2D eigenvalue weighted by Crippen LogP contribution is 2.35. The molecule has 4 heteroatoms. The van der Waals surface area contributed by atoms with E-state index in [1.807, 2.05) is 24.4 Å². The van der Waals surface area contributed by atoms with E-state index in [-0.39, 0.29) is 0 Å². The molecule has 0 saturated heterocycles. The first-order valence-electron chi connectivity index (χ1n) is 6.38. The van der Waals surface area contributed by atoms with Crippen molar-refractivity contribution in [2.75, 3.05) is 29.9 Å².